The van der Waals surface area contributed by atoms with E-state index < -0.39 is 0 Å². The molecule has 0 radical (unpaired) electrons. The normalized spacial score (nSPS) is 17.4. The minimum atomic E-state index is 0.823. The molecule has 1 fully saturated rings. The van der Waals surface area contributed by atoms with Crippen molar-refractivity contribution in [2.24, 2.45) is 5.92 Å². The summed E-state index contributed by atoms with van der Waals surface area (Å²) in [5, 5.41) is 4.11. The van der Waals surface area contributed by atoms with Gasteiger partial charge in [-0.1, -0.05) is 23.7 Å². The van der Waals surface area contributed by atoms with E-state index in [9.17, 15) is 0 Å². The van der Waals surface area contributed by atoms with Gasteiger partial charge >= 0.3 is 0 Å². The molecule has 1 aromatic carbocycles. The first-order valence-corrected chi connectivity index (χ1v) is 4.67. The van der Waals surface area contributed by atoms with Crippen LogP contribution in [0.4, 0.5) is 0 Å². The molecule has 0 atom stereocenters. The summed E-state index contributed by atoms with van der Waals surface area (Å²) in [6.07, 6.45) is 1.16. The van der Waals surface area contributed by atoms with Crippen LogP contribution in [0.5, 0.6) is 0 Å². The van der Waals surface area contributed by atoms with Gasteiger partial charge in [-0.2, -0.15) is 0 Å². The molecule has 1 heterocycles. The monoisotopic (exact) mass is 181 g/mol. The SMILES string of the molecule is Clc1cccc(CC2CNC2)c1. The van der Waals surface area contributed by atoms with Crippen LogP contribution in [0.25, 0.3) is 0 Å². The fourth-order valence-corrected chi connectivity index (χ4v) is 1.70. The van der Waals surface area contributed by atoms with E-state index in [4.69, 9.17) is 11.6 Å². The lowest BCUT2D eigenvalue weighted by Crippen LogP contribution is -2.43. The Morgan fingerprint density at radius 2 is 2.25 bits per heavy atom. The Labute approximate surface area is 77.7 Å². The lowest BCUT2D eigenvalue weighted by atomic mass is 9.95. The molecule has 1 aliphatic heterocycles. The highest BCUT2D eigenvalue weighted by atomic mass is 35.5. The Morgan fingerprint density at radius 3 is 2.83 bits per heavy atom. The molecule has 0 unspecified atom stereocenters. The van der Waals surface area contributed by atoms with Gasteiger partial charge in [0.15, 0.2) is 0 Å². The molecule has 0 bridgehead atoms. The first-order valence-electron chi connectivity index (χ1n) is 4.30. The van der Waals surface area contributed by atoms with Crippen LogP contribution in [0.1, 0.15) is 5.56 Å². The van der Waals surface area contributed by atoms with Gasteiger partial charge in [0.25, 0.3) is 0 Å². The lowest BCUT2D eigenvalue weighted by Gasteiger charge is -2.27. The molecule has 0 amide bonds. The number of benzene rings is 1. The first kappa shape index (κ1) is 8.09. The highest BCUT2D eigenvalue weighted by molar-refractivity contribution is 6.30. The summed E-state index contributed by atoms with van der Waals surface area (Å²) in [5.41, 5.74) is 1.36. The topological polar surface area (TPSA) is 12.0 Å². The van der Waals surface area contributed by atoms with E-state index in [1.807, 2.05) is 12.1 Å². The molecule has 0 saturated carbocycles. The quantitative estimate of drug-likeness (QED) is 0.737. The molecule has 0 aromatic heterocycles. The smallest absolute Gasteiger partial charge is 0.0408 e. The molecule has 1 aliphatic rings. The summed E-state index contributed by atoms with van der Waals surface area (Å²) < 4.78 is 0. The number of halogens is 1. The zero-order chi connectivity index (χ0) is 8.39. The lowest BCUT2D eigenvalue weighted by molar-refractivity contribution is 0.346. The van der Waals surface area contributed by atoms with Crippen LogP contribution in [-0.2, 0) is 6.42 Å². The highest BCUT2D eigenvalue weighted by Crippen LogP contribution is 2.16. The summed E-state index contributed by atoms with van der Waals surface area (Å²) in [5.74, 6) is 0.823. The summed E-state index contributed by atoms with van der Waals surface area (Å²) >= 11 is 5.87. The van der Waals surface area contributed by atoms with E-state index in [1.165, 1.54) is 5.56 Å². The van der Waals surface area contributed by atoms with Crippen LogP contribution in [0.15, 0.2) is 24.3 Å². The molecule has 2 heteroatoms. The van der Waals surface area contributed by atoms with E-state index in [2.05, 4.69) is 17.4 Å². The molecule has 1 N–H and O–H groups in total. The van der Waals surface area contributed by atoms with Gasteiger partial charge in [0, 0.05) is 5.02 Å². The predicted molar refractivity (Wildman–Crippen MR) is 51.5 cm³/mol. The summed E-state index contributed by atoms with van der Waals surface area (Å²) in [6.45, 7) is 2.32. The predicted octanol–water partition coefficient (Wildman–Crippen LogP) is 2.10. The standard InChI is InChI=1S/C10H12ClN/c11-10-3-1-2-8(5-10)4-9-6-12-7-9/h1-3,5,9,12H,4,6-7H2. The molecule has 0 aliphatic carbocycles. The Bertz CT molecular complexity index is 268. The van der Waals surface area contributed by atoms with Crippen molar-refractivity contribution in [3.8, 4) is 0 Å². The molecular formula is C10H12ClN. The van der Waals surface area contributed by atoms with Crippen LogP contribution in [0, 0.1) is 5.92 Å². The van der Waals surface area contributed by atoms with E-state index in [-0.39, 0.29) is 0 Å². The second-order valence-electron chi connectivity index (χ2n) is 3.36. The largest absolute Gasteiger partial charge is 0.316 e. The van der Waals surface area contributed by atoms with Gasteiger partial charge in [-0.3, -0.25) is 0 Å². The number of hydrogen-bond donors (Lipinski definition) is 1. The molecular weight excluding hydrogens is 170 g/mol. The van der Waals surface area contributed by atoms with Crippen molar-refractivity contribution in [1.82, 2.24) is 5.32 Å². The number of rotatable bonds is 2. The second kappa shape index (κ2) is 3.46. The van der Waals surface area contributed by atoms with Gasteiger partial charge in [-0.25, -0.2) is 0 Å². The molecule has 12 heavy (non-hydrogen) atoms. The maximum Gasteiger partial charge on any atom is 0.0408 e. The molecule has 1 aromatic rings. The number of hydrogen-bond acceptors (Lipinski definition) is 1. The zero-order valence-electron chi connectivity index (χ0n) is 6.89. The third kappa shape index (κ3) is 1.79. The van der Waals surface area contributed by atoms with Crippen LogP contribution in [-0.4, -0.2) is 13.1 Å². The van der Waals surface area contributed by atoms with Crippen LogP contribution in [0.3, 0.4) is 0 Å². The van der Waals surface area contributed by atoms with E-state index in [0.29, 0.717) is 0 Å². The van der Waals surface area contributed by atoms with Crippen molar-refractivity contribution >= 4 is 11.6 Å². The zero-order valence-corrected chi connectivity index (χ0v) is 7.64. The second-order valence-corrected chi connectivity index (χ2v) is 3.79. The molecule has 2 rings (SSSR count). The summed E-state index contributed by atoms with van der Waals surface area (Å²) in [7, 11) is 0. The van der Waals surface area contributed by atoms with E-state index >= 15 is 0 Å². The molecule has 0 spiro atoms. The van der Waals surface area contributed by atoms with Gasteiger partial charge in [0.1, 0.15) is 0 Å². The van der Waals surface area contributed by atoms with E-state index in [0.717, 1.165) is 30.5 Å². The van der Waals surface area contributed by atoms with Gasteiger partial charge in [-0.05, 0) is 43.1 Å². The van der Waals surface area contributed by atoms with E-state index in [1.54, 1.807) is 0 Å². The third-order valence-electron chi connectivity index (χ3n) is 2.28. The minimum absolute atomic E-state index is 0.823. The van der Waals surface area contributed by atoms with Gasteiger partial charge < -0.3 is 5.32 Å². The average Bonchev–Trinajstić information content (AvgIpc) is 1.97. The van der Waals surface area contributed by atoms with Crippen LogP contribution >= 0.6 is 11.6 Å². The Hall–Kier alpha value is -0.530. The van der Waals surface area contributed by atoms with Crippen molar-refractivity contribution < 1.29 is 0 Å². The third-order valence-corrected chi connectivity index (χ3v) is 2.51. The Balaban J connectivity index is 2.02. The van der Waals surface area contributed by atoms with Gasteiger partial charge in [-0.15, -0.1) is 0 Å². The van der Waals surface area contributed by atoms with Crippen molar-refractivity contribution in [3.63, 3.8) is 0 Å². The van der Waals surface area contributed by atoms with Crippen molar-refractivity contribution in [2.45, 2.75) is 6.42 Å². The minimum Gasteiger partial charge on any atom is -0.316 e. The highest BCUT2D eigenvalue weighted by Gasteiger charge is 2.16. The molecule has 1 nitrogen and oxygen atoms in total. The van der Waals surface area contributed by atoms with Crippen molar-refractivity contribution in [2.75, 3.05) is 13.1 Å². The fraction of sp³-hybridized carbons (Fsp3) is 0.400. The van der Waals surface area contributed by atoms with Crippen LogP contribution in [0.2, 0.25) is 5.02 Å². The number of nitrogens with one attached hydrogen (secondary N) is 1. The summed E-state index contributed by atoms with van der Waals surface area (Å²) in [6, 6.07) is 8.14. The van der Waals surface area contributed by atoms with Crippen LogP contribution < -0.4 is 5.32 Å². The van der Waals surface area contributed by atoms with Crippen molar-refractivity contribution in [1.29, 1.82) is 0 Å². The van der Waals surface area contributed by atoms with Crippen molar-refractivity contribution in [3.05, 3.63) is 34.9 Å². The maximum absolute atomic E-state index is 5.87. The fourth-order valence-electron chi connectivity index (χ4n) is 1.49. The molecule has 64 valence electrons. The Kier molecular flexibility index (Phi) is 2.33. The van der Waals surface area contributed by atoms with Gasteiger partial charge in [0.2, 0.25) is 0 Å². The first-order chi connectivity index (χ1) is 5.84. The molecule has 1 saturated heterocycles. The summed E-state index contributed by atoms with van der Waals surface area (Å²) in [4.78, 5) is 0. The average molecular weight is 182 g/mol. The van der Waals surface area contributed by atoms with Gasteiger partial charge in [0.05, 0.1) is 0 Å². The maximum atomic E-state index is 5.87. The Morgan fingerprint density at radius 1 is 1.42 bits per heavy atom.